The van der Waals surface area contributed by atoms with Gasteiger partial charge in [0.05, 0.1) is 6.04 Å². The van der Waals surface area contributed by atoms with Crippen molar-refractivity contribution in [2.24, 2.45) is 0 Å². The molecule has 3 atom stereocenters. The average molecular weight is 160 g/mol. The Balaban J connectivity index is 4.20. The smallest absolute Gasteiger partial charge is 0.217 e. The quantitative estimate of drug-likeness (QED) is 0.542. The van der Waals surface area contributed by atoms with Crippen molar-refractivity contribution in [1.82, 2.24) is 4.90 Å². The van der Waals surface area contributed by atoms with Crippen LogP contribution in [0.5, 0.6) is 0 Å². The standard InChI is InChI=1S/C7H14NO3/c1-5(4-9)8(6(2)10)7(3)11/h5-7,10-11H,1-3H3. The van der Waals surface area contributed by atoms with Crippen LogP contribution in [0.15, 0.2) is 0 Å². The lowest BCUT2D eigenvalue weighted by Gasteiger charge is -2.30. The molecule has 0 aromatic heterocycles. The van der Waals surface area contributed by atoms with Gasteiger partial charge in [-0.15, -0.1) is 0 Å². The molecule has 0 fully saturated rings. The second-order valence-corrected chi connectivity index (χ2v) is 2.50. The number of rotatable bonds is 4. The molecule has 0 aliphatic carbocycles. The molecule has 4 nitrogen and oxygen atoms in total. The van der Waals surface area contributed by atoms with E-state index >= 15 is 0 Å². The Kier molecular flexibility index (Phi) is 4.25. The number of hydrogen-bond donors (Lipinski definition) is 2. The second kappa shape index (κ2) is 4.43. The van der Waals surface area contributed by atoms with Crippen LogP contribution in [-0.4, -0.2) is 39.9 Å². The molecule has 0 bridgehead atoms. The minimum absolute atomic E-state index is 0.588. The first kappa shape index (κ1) is 10.6. The van der Waals surface area contributed by atoms with Gasteiger partial charge in [-0.25, -0.2) is 4.90 Å². The molecule has 1 radical (unpaired) electrons. The van der Waals surface area contributed by atoms with Gasteiger partial charge in [-0.3, -0.25) is 4.79 Å². The third-order valence-corrected chi connectivity index (χ3v) is 1.48. The highest BCUT2D eigenvalue weighted by Gasteiger charge is 2.22. The van der Waals surface area contributed by atoms with Crippen LogP contribution in [-0.2, 0) is 4.79 Å². The summed E-state index contributed by atoms with van der Waals surface area (Å²) in [4.78, 5) is 11.4. The minimum atomic E-state index is -0.841. The molecule has 0 aromatic rings. The largest absolute Gasteiger partial charge is 0.379 e. The Bertz CT molecular complexity index is 117. The molecule has 0 rings (SSSR count). The summed E-state index contributed by atoms with van der Waals surface area (Å²) in [5, 5.41) is 18.1. The maximum absolute atomic E-state index is 10.2. The topological polar surface area (TPSA) is 60.8 Å². The number of nitrogens with zero attached hydrogens (tertiary/aromatic N) is 1. The van der Waals surface area contributed by atoms with Crippen molar-refractivity contribution in [3.05, 3.63) is 0 Å². The molecule has 0 saturated carbocycles. The van der Waals surface area contributed by atoms with Crippen LogP contribution in [0.3, 0.4) is 0 Å². The highest BCUT2D eigenvalue weighted by atomic mass is 16.3. The first-order valence-electron chi connectivity index (χ1n) is 3.52. The fraction of sp³-hybridized carbons (Fsp3) is 0.857. The summed E-state index contributed by atoms with van der Waals surface area (Å²) in [6.07, 6.45) is 0.00111. The van der Waals surface area contributed by atoms with Crippen LogP contribution in [0.2, 0.25) is 0 Å². The zero-order valence-electron chi connectivity index (χ0n) is 6.98. The number of aliphatic hydroxyl groups excluding tert-OH is 2. The normalized spacial score (nSPS) is 19.5. The lowest BCUT2D eigenvalue weighted by atomic mass is 10.3. The fourth-order valence-electron chi connectivity index (χ4n) is 1.02. The molecule has 4 heteroatoms. The molecule has 0 aromatic carbocycles. The molecule has 0 aliphatic rings. The predicted octanol–water partition coefficient (Wildman–Crippen LogP) is -0.537. The van der Waals surface area contributed by atoms with E-state index in [1.165, 1.54) is 18.7 Å². The van der Waals surface area contributed by atoms with Crippen molar-refractivity contribution >= 4 is 6.29 Å². The Morgan fingerprint density at radius 2 is 1.55 bits per heavy atom. The summed E-state index contributed by atoms with van der Waals surface area (Å²) in [6.45, 7) is 4.54. The van der Waals surface area contributed by atoms with Gasteiger partial charge in [-0.05, 0) is 20.8 Å². The molecule has 2 N–H and O–H groups in total. The van der Waals surface area contributed by atoms with E-state index in [9.17, 15) is 4.79 Å². The van der Waals surface area contributed by atoms with E-state index in [0.29, 0.717) is 0 Å². The van der Waals surface area contributed by atoms with Crippen molar-refractivity contribution in [2.75, 3.05) is 0 Å². The molecule has 3 unspecified atom stereocenters. The molecule has 65 valence electrons. The maximum Gasteiger partial charge on any atom is 0.217 e. The SMILES string of the molecule is CC(O)N(C(C)O)C(C)[C]=O. The molecular weight excluding hydrogens is 146 g/mol. The van der Waals surface area contributed by atoms with Gasteiger partial charge in [0.25, 0.3) is 0 Å². The van der Waals surface area contributed by atoms with E-state index in [2.05, 4.69) is 0 Å². The van der Waals surface area contributed by atoms with E-state index < -0.39 is 18.5 Å². The summed E-state index contributed by atoms with van der Waals surface area (Å²) in [6, 6.07) is -0.588. The molecule has 0 heterocycles. The highest BCUT2D eigenvalue weighted by molar-refractivity contribution is 5.57. The Morgan fingerprint density at radius 1 is 1.18 bits per heavy atom. The van der Waals surface area contributed by atoms with Crippen molar-refractivity contribution in [3.63, 3.8) is 0 Å². The van der Waals surface area contributed by atoms with Gasteiger partial charge in [0.15, 0.2) is 0 Å². The zero-order chi connectivity index (χ0) is 9.02. The first-order valence-corrected chi connectivity index (χ1v) is 3.52. The van der Waals surface area contributed by atoms with E-state index in [4.69, 9.17) is 10.2 Å². The molecule has 0 amide bonds. The minimum Gasteiger partial charge on any atom is -0.379 e. The average Bonchev–Trinajstić information content (AvgIpc) is 1.85. The summed E-state index contributed by atoms with van der Waals surface area (Å²) < 4.78 is 0. The van der Waals surface area contributed by atoms with Gasteiger partial charge in [0.2, 0.25) is 6.29 Å². The van der Waals surface area contributed by atoms with Crippen LogP contribution in [0.4, 0.5) is 0 Å². The maximum atomic E-state index is 10.2. The summed E-state index contributed by atoms with van der Waals surface area (Å²) in [5.41, 5.74) is 0. The van der Waals surface area contributed by atoms with Gasteiger partial charge in [0.1, 0.15) is 12.5 Å². The summed E-state index contributed by atoms with van der Waals surface area (Å²) >= 11 is 0. The summed E-state index contributed by atoms with van der Waals surface area (Å²) in [7, 11) is 0. The van der Waals surface area contributed by atoms with Crippen LogP contribution in [0.1, 0.15) is 20.8 Å². The van der Waals surface area contributed by atoms with Crippen molar-refractivity contribution in [1.29, 1.82) is 0 Å². The van der Waals surface area contributed by atoms with E-state index in [1.807, 2.05) is 0 Å². The van der Waals surface area contributed by atoms with E-state index in [-0.39, 0.29) is 0 Å². The van der Waals surface area contributed by atoms with Crippen molar-refractivity contribution in [3.8, 4) is 0 Å². The Morgan fingerprint density at radius 3 is 1.64 bits per heavy atom. The predicted molar refractivity (Wildman–Crippen MR) is 40.4 cm³/mol. The Hall–Kier alpha value is -0.450. The van der Waals surface area contributed by atoms with Gasteiger partial charge in [-0.1, -0.05) is 0 Å². The number of aliphatic hydroxyl groups is 2. The molecule has 0 spiro atoms. The fourth-order valence-corrected chi connectivity index (χ4v) is 1.02. The lowest BCUT2D eigenvalue weighted by molar-refractivity contribution is -0.0924. The van der Waals surface area contributed by atoms with Crippen LogP contribution in [0.25, 0.3) is 0 Å². The second-order valence-electron chi connectivity index (χ2n) is 2.50. The van der Waals surface area contributed by atoms with Crippen LogP contribution >= 0.6 is 0 Å². The number of carbonyl (C=O) groups excluding carboxylic acids is 1. The molecule has 11 heavy (non-hydrogen) atoms. The van der Waals surface area contributed by atoms with Crippen molar-refractivity contribution in [2.45, 2.75) is 39.3 Å². The van der Waals surface area contributed by atoms with Gasteiger partial charge < -0.3 is 10.2 Å². The Labute approximate surface area is 66.4 Å². The molecular formula is C7H14NO3. The zero-order valence-corrected chi connectivity index (χ0v) is 6.98. The third kappa shape index (κ3) is 2.96. The molecule has 0 aliphatic heterocycles. The van der Waals surface area contributed by atoms with E-state index in [1.54, 1.807) is 13.2 Å². The first-order chi connectivity index (χ1) is 5.00. The number of hydrogen-bond acceptors (Lipinski definition) is 4. The van der Waals surface area contributed by atoms with Crippen LogP contribution < -0.4 is 0 Å². The van der Waals surface area contributed by atoms with E-state index in [0.717, 1.165) is 0 Å². The third-order valence-electron chi connectivity index (χ3n) is 1.48. The van der Waals surface area contributed by atoms with Crippen molar-refractivity contribution < 1.29 is 15.0 Å². The van der Waals surface area contributed by atoms with Gasteiger partial charge >= 0.3 is 0 Å². The summed E-state index contributed by atoms with van der Waals surface area (Å²) in [5.74, 6) is 0. The monoisotopic (exact) mass is 160 g/mol. The van der Waals surface area contributed by atoms with Gasteiger partial charge in [0, 0.05) is 0 Å². The van der Waals surface area contributed by atoms with Gasteiger partial charge in [-0.2, -0.15) is 0 Å². The van der Waals surface area contributed by atoms with Crippen LogP contribution in [0, 0.1) is 0 Å². The molecule has 0 saturated heterocycles. The highest BCUT2D eigenvalue weighted by Crippen LogP contribution is 2.05. The lowest BCUT2D eigenvalue weighted by Crippen LogP contribution is -2.46.